The zero-order valence-electron chi connectivity index (χ0n) is 69.3. The van der Waals surface area contributed by atoms with Gasteiger partial charge in [-0.1, -0.05) is 88.4 Å². The number of carboxylic acids is 1. The number of nitrogens with one attached hydrogen (secondary N) is 6. The number of hydrogen-bond acceptors (Lipinski definition) is 20. The van der Waals surface area contributed by atoms with Gasteiger partial charge in [0.05, 0.1) is 106 Å². The molecule has 0 unspecified atom stereocenters. The van der Waals surface area contributed by atoms with Crippen molar-refractivity contribution in [2.24, 2.45) is 28.2 Å². The van der Waals surface area contributed by atoms with Crippen LogP contribution in [0.4, 0.5) is 18.9 Å². The van der Waals surface area contributed by atoms with E-state index in [9.17, 15) is 92.6 Å². The highest BCUT2D eigenvalue weighted by Gasteiger charge is 2.38. The molecule has 9 heterocycles. The number of ether oxygens (including phenoxy) is 2. The first kappa shape index (κ1) is 91.8. The topological polar surface area (TPSA) is 446 Å². The Labute approximate surface area is 763 Å². The Bertz CT molecular complexity index is 8500. The van der Waals surface area contributed by atoms with Crippen LogP contribution in [0.1, 0.15) is 62.2 Å². The molecule has 674 valence electrons. The molecule has 34 nitrogen and oxygen atoms in total. The van der Waals surface area contributed by atoms with Crippen molar-refractivity contribution in [3.63, 3.8) is 0 Å². The van der Waals surface area contributed by atoms with Gasteiger partial charge in [0, 0.05) is 82.3 Å². The lowest BCUT2D eigenvalue weighted by Crippen LogP contribution is -2.39. The van der Waals surface area contributed by atoms with Crippen molar-refractivity contribution >= 4 is 206 Å². The average molecular weight is 1930 g/mol. The minimum Gasteiger partial charge on any atom is -0.497 e. The standard InChI is InChI=1S/C27H20ClN5O6S2.C25H19ClN4O6S.C20H14ClF3N4O3.C16H13ClN2O4/c1-3-39-15-9-10-19-21(13-15)40-27(30-19)41(37,38)31-24(34)23-22(17-12-14(28)8-11-20(17)32(23)2)33-25(35)16-6-4-5-7-18(16)29-26(33)36;1-29-20-12-7-14(26)13-18(20)21(30-24(32)17-5-3-4-6-19(17)27-25(30)33)22(29)23(31)28-37(34,35)16-10-8-15(36-2)9-11-16;1-27-14-7-6-10(21)8-12(14)15(16(27)17(29)25-9-20(22,23)24)28-18(30)11-4-2-3-5-13(11)26-19(28)31;1-8-5-12(20)19(13(21)6-8)14-10-7-9(17)3-4-11(10)18(2)15(14)16(22)23/h4-13H,3H2,1-2H3,(H,29,36)(H,31,34);3-13H,1-2H3,(H,27,33)(H,28,31);2-8H,9H2,1H3,(H,25,29)(H,26,31);3-5,7H,6H2,1-2H3,(H,22,23). The number of halogens is 7. The Morgan fingerprint density at radius 3 is 1.26 bits per heavy atom. The fourth-order valence-electron chi connectivity index (χ4n) is 15.3. The molecule has 0 bridgehead atoms. The first-order valence-corrected chi connectivity index (χ1v) is 44.2. The number of aromatic carboxylic acids is 1. The van der Waals surface area contributed by atoms with Gasteiger partial charge >= 0.3 is 29.2 Å². The fourth-order valence-corrected chi connectivity index (χ4v) is 19.2. The number of carbonyl (C=O) groups is 6. The molecule has 0 aliphatic carbocycles. The predicted octanol–water partition coefficient (Wildman–Crippen LogP) is 12.8. The number of aryl methyl sites for hydroxylation is 4. The van der Waals surface area contributed by atoms with Crippen molar-refractivity contribution in [1.82, 2.24) is 66.7 Å². The highest BCUT2D eigenvalue weighted by molar-refractivity contribution is 7.92. The van der Waals surface area contributed by atoms with Crippen LogP contribution in [0.2, 0.25) is 20.1 Å². The number of carboxylic acid groups (broad SMARTS) is 1. The molecule has 132 heavy (non-hydrogen) atoms. The van der Waals surface area contributed by atoms with Gasteiger partial charge in [0.1, 0.15) is 35.1 Å². The van der Waals surface area contributed by atoms with Crippen LogP contribution in [0, 0.1) is 0 Å². The van der Waals surface area contributed by atoms with E-state index in [0.29, 0.717) is 93.2 Å². The van der Waals surface area contributed by atoms with Gasteiger partial charge in [-0.25, -0.2) is 60.6 Å². The van der Waals surface area contributed by atoms with E-state index in [2.05, 4.69) is 24.7 Å². The summed E-state index contributed by atoms with van der Waals surface area (Å²) in [7, 11) is -1.27. The maximum Gasteiger partial charge on any atom is 0.405 e. The Morgan fingerprint density at radius 2 is 0.871 bits per heavy atom. The van der Waals surface area contributed by atoms with Crippen molar-refractivity contribution < 1.29 is 73.4 Å². The second-order valence-electron chi connectivity index (χ2n) is 29.4. The van der Waals surface area contributed by atoms with E-state index in [1.165, 1.54) is 119 Å². The summed E-state index contributed by atoms with van der Waals surface area (Å²) in [5.41, 5.74) is -1.89. The number of hydrogen-bond donors (Lipinski definition) is 7. The largest absolute Gasteiger partial charge is 0.497 e. The first-order valence-electron chi connectivity index (χ1n) is 38.9. The third-order valence-electron chi connectivity index (χ3n) is 21.1. The number of alkyl halides is 3. The number of anilines is 1. The lowest BCUT2D eigenvalue weighted by atomic mass is 10.1. The molecule has 1 aliphatic rings. The lowest BCUT2D eigenvalue weighted by molar-refractivity contribution is -0.125. The third-order valence-corrected chi connectivity index (χ3v) is 26.1. The number of aromatic nitrogens is 11. The molecule has 8 aromatic heterocycles. The van der Waals surface area contributed by atoms with Crippen LogP contribution in [-0.2, 0) is 57.8 Å². The van der Waals surface area contributed by atoms with E-state index in [4.69, 9.17) is 55.9 Å². The summed E-state index contributed by atoms with van der Waals surface area (Å²) in [6.07, 6.45) is -3.22. The second kappa shape index (κ2) is 35.8. The van der Waals surface area contributed by atoms with Crippen molar-refractivity contribution in [2.75, 3.05) is 25.2 Å². The molecule has 0 atom stereocenters. The van der Waals surface area contributed by atoms with Crippen LogP contribution in [-0.4, -0.2) is 136 Å². The zero-order chi connectivity index (χ0) is 94.9. The number of fused-ring (bicyclic) bond motifs is 8. The molecule has 44 heteroatoms. The van der Waals surface area contributed by atoms with Crippen LogP contribution >= 0.6 is 57.7 Å². The summed E-state index contributed by atoms with van der Waals surface area (Å²) in [6.45, 7) is 2.38. The molecule has 0 spiro atoms. The first-order chi connectivity index (χ1) is 62.6. The van der Waals surface area contributed by atoms with Crippen LogP contribution in [0.15, 0.2) is 238 Å². The summed E-state index contributed by atoms with van der Waals surface area (Å²) in [5.74, 6) is -4.43. The number of aromatic amines is 3. The van der Waals surface area contributed by atoms with Gasteiger partial charge in [-0.15, -0.1) is 11.3 Å². The van der Waals surface area contributed by atoms with E-state index < -0.39 is 102 Å². The number of nitrogens with zero attached hydrogens (tertiary/aromatic N) is 9. The molecular weight excluding hydrogens is 1870 g/mol. The van der Waals surface area contributed by atoms with Gasteiger partial charge in [-0.05, 0) is 166 Å². The van der Waals surface area contributed by atoms with E-state index in [1.54, 1.807) is 141 Å². The number of carbonyl (C=O) groups excluding carboxylic acids is 5. The lowest BCUT2D eigenvalue weighted by Gasteiger charge is -2.24. The molecule has 7 N–H and O–H groups in total. The van der Waals surface area contributed by atoms with Crippen LogP contribution in [0.3, 0.4) is 0 Å². The smallest absolute Gasteiger partial charge is 0.405 e. The zero-order valence-corrected chi connectivity index (χ0v) is 74.8. The van der Waals surface area contributed by atoms with Crippen molar-refractivity contribution in [1.29, 1.82) is 0 Å². The Kier molecular flexibility index (Phi) is 24.9. The molecule has 9 aromatic carbocycles. The van der Waals surface area contributed by atoms with Gasteiger partial charge in [-0.3, -0.25) is 38.4 Å². The molecule has 0 fully saturated rings. The van der Waals surface area contributed by atoms with Gasteiger partial charge in [0.25, 0.3) is 60.4 Å². The monoisotopic (exact) mass is 1930 g/mol. The fraction of sp³-hybridized carbons (Fsp3) is 0.125. The van der Waals surface area contributed by atoms with E-state index in [-0.39, 0.29) is 98.3 Å². The molecule has 18 rings (SSSR count). The number of sulfonamides is 2. The Morgan fingerprint density at radius 1 is 0.492 bits per heavy atom. The number of rotatable bonds is 16. The number of imide groups is 1. The minimum absolute atomic E-state index is 0.0660. The highest BCUT2D eigenvalue weighted by atomic mass is 35.5. The van der Waals surface area contributed by atoms with Crippen LogP contribution in [0.5, 0.6) is 11.5 Å². The normalized spacial score (nSPS) is 12.4. The quantitative estimate of drug-likeness (QED) is 0.0442. The molecule has 5 amide bonds. The summed E-state index contributed by atoms with van der Waals surface area (Å²) >= 11 is 25.4. The van der Waals surface area contributed by atoms with E-state index in [0.717, 1.165) is 29.9 Å². The van der Waals surface area contributed by atoms with E-state index in [1.807, 2.05) is 11.6 Å². The number of amides is 5. The maximum atomic E-state index is 13.7. The SMILES string of the molecule is CC1=CC(=O)N(c2c(C(=O)O)n(C)c3ccc(Cl)cc23)C(=O)C1.CCOc1ccc2nc(S(=O)(=O)NC(=O)c3c(-n4c(=O)[nH]c5ccccc5c4=O)c4cc(Cl)ccc4n3C)sc2c1.COc1ccc(S(=O)(=O)NC(=O)c2c(-n3c(=O)[nH]c4ccccc4c3=O)c3cc(Cl)ccc3n2C)cc1.Cn1c(C(=O)NCC(F)(F)F)c(-n2c(=O)[nH]c3ccccc3c2=O)c2cc(Cl)ccc21. The summed E-state index contributed by atoms with van der Waals surface area (Å²) in [5, 5.41) is 14.5. The van der Waals surface area contributed by atoms with Gasteiger partial charge < -0.3 is 53.1 Å². The van der Waals surface area contributed by atoms with Crippen molar-refractivity contribution in [3.05, 3.63) is 305 Å². The molecule has 17 aromatic rings. The summed E-state index contributed by atoms with van der Waals surface area (Å²) < 4.78 is 113. The molecule has 0 saturated heterocycles. The molecule has 1 aliphatic heterocycles. The highest BCUT2D eigenvalue weighted by Crippen LogP contribution is 2.40. The van der Waals surface area contributed by atoms with Crippen LogP contribution < -0.4 is 62.9 Å². The molecular formula is C88H66Cl4F3N15O19S3. The van der Waals surface area contributed by atoms with Gasteiger partial charge in [0.15, 0.2) is 5.69 Å². The molecule has 0 radical (unpaired) electrons. The number of H-pyrrole nitrogens is 3. The third kappa shape index (κ3) is 17.3. The molecule has 0 saturated carbocycles. The number of thiazole rings is 1. The van der Waals surface area contributed by atoms with Crippen molar-refractivity contribution in [3.8, 4) is 28.6 Å². The summed E-state index contributed by atoms with van der Waals surface area (Å²) in [6, 6.07) is 48.3. The Balaban J connectivity index is 0.000000137. The Hall–Kier alpha value is -14.9. The summed E-state index contributed by atoms with van der Waals surface area (Å²) in [4.78, 5) is 169. The number of benzene rings is 9. The average Bonchev–Trinajstić information content (AvgIpc) is 1.62. The van der Waals surface area contributed by atoms with E-state index >= 15 is 0 Å². The maximum absolute atomic E-state index is 13.7. The van der Waals surface area contributed by atoms with Gasteiger partial charge in [0.2, 0.25) is 10.2 Å². The van der Waals surface area contributed by atoms with Crippen molar-refractivity contribution in [2.45, 2.75) is 35.7 Å². The predicted molar refractivity (Wildman–Crippen MR) is 492 cm³/mol. The minimum atomic E-state index is -4.64. The second-order valence-corrected chi connectivity index (χ2v) is 35.8. The van der Waals surface area contributed by atoms with Gasteiger partial charge in [-0.2, -0.15) is 21.6 Å². The van der Waals surface area contributed by atoms with Crippen LogP contribution in [0.25, 0.3) is 104 Å². The number of methoxy groups -OCH3 is 1. The number of para-hydroxylation sites is 3.